The highest BCUT2D eigenvalue weighted by Crippen LogP contribution is 2.27. The van der Waals surface area contributed by atoms with Crippen molar-refractivity contribution in [3.05, 3.63) is 23.8 Å². The Labute approximate surface area is 88.8 Å². The molecule has 3 N–H and O–H groups in total. The van der Waals surface area contributed by atoms with Crippen molar-refractivity contribution < 1.29 is 0 Å². The number of nitrogens with zero attached hydrogens (tertiary/aromatic N) is 1. The van der Waals surface area contributed by atoms with E-state index in [9.17, 15) is 0 Å². The molecule has 1 rings (SSSR count). The first-order valence-electron chi connectivity index (χ1n) is 4.26. The van der Waals surface area contributed by atoms with Gasteiger partial charge in [0.05, 0.1) is 5.56 Å². The SMILES string of the molecule is CSc1cccc(N(C)C)c1C(=N)N. The molecule has 4 heteroatoms. The van der Waals surface area contributed by atoms with E-state index in [1.807, 2.05) is 43.5 Å². The molecule has 1 aromatic carbocycles. The molecule has 0 aromatic heterocycles. The average molecular weight is 209 g/mol. The lowest BCUT2D eigenvalue weighted by Crippen LogP contribution is -2.19. The molecular formula is C10H15N3S. The molecule has 0 heterocycles. The molecule has 0 aliphatic heterocycles. The highest BCUT2D eigenvalue weighted by molar-refractivity contribution is 7.98. The Balaban J connectivity index is 3.35. The van der Waals surface area contributed by atoms with Crippen LogP contribution in [0.1, 0.15) is 5.56 Å². The highest BCUT2D eigenvalue weighted by Gasteiger charge is 2.11. The van der Waals surface area contributed by atoms with Crippen LogP contribution in [0.2, 0.25) is 0 Å². The minimum absolute atomic E-state index is 0.124. The van der Waals surface area contributed by atoms with Gasteiger partial charge in [-0.15, -0.1) is 11.8 Å². The molecule has 0 saturated heterocycles. The van der Waals surface area contributed by atoms with Crippen molar-refractivity contribution in [2.75, 3.05) is 25.3 Å². The quantitative estimate of drug-likeness (QED) is 0.453. The second-order valence-electron chi connectivity index (χ2n) is 3.16. The maximum absolute atomic E-state index is 7.55. The molecule has 0 spiro atoms. The number of thioether (sulfide) groups is 1. The van der Waals surface area contributed by atoms with Gasteiger partial charge in [-0.3, -0.25) is 5.41 Å². The summed E-state index contributed by atoms with van der Waals surface area (Å²) in [6.07, 6.45) is 1.99. The fourth-order valence-corrected chi connectivity index (χ4v) is 1.97. The Kier molecular flexibility index (Phi) is 3.41. The van der Waals surface area contributed by atoms with Gasteiger partial charge in [-0.2, -0.15) is 0 Å². The van der Waals surface area contributed by atoms with E-state index in [1.165, 1.54) is 0 Å². The third-order valence-corrected chi connectivity index (χ3v) is 2.76. The van der Waals surface area contributed by atoms with Crippen molar-refractivity contribution >= 4 is 23.3 Å². The van der Waals surface area contributed by atoms with Crippen LogP contribution in [0.25, 0.3) is 0 Å². The molecule has 0 atom stereocenters. The largest absolute Gasteiger partial charge is 0.384 e. The molecule has 0 bridgehead atoms. The number of amidine groups is 1. The summed E-state index contributed by atoms with van der Waals surface area (Å²) < 4.78 is 0. The minimum atomic E-state index is 0.124. The van der Waals surface area contributed by atoms with Gasteiger partial charge in [0.2, 0.25) is 0 Å². The van der Waals surface area contributed by atoms with Crippen molar-refractivity contribution in [2.24, 2.45) is 5.73 Å². The molecule has 0 fully saturated rings. The van der Waals surface area contributed by atoms with Crippen LogP contribution in [0.4, 0.5) is 5.69 Å². The summed E-state index contributed by atoms with van der Waals surface area (Å²) in [4.78, 5) is 3.01. The third kappa shape index (κ3) is 2.01. The number of nitrogens with two attached hydrogens (primary N) is 1. The van der Waals surface area contributed by atoms with Crippen molar-refractivity contribution in [1.29, 1.82) is 5.41 Å². The Morgan fingerprint density at radius 2 is 2.07 bits per heavy atom. The normalized spacial score (nSPS) is 9.93. The van der Waals surface area contributed by atoms with Crippen LogP contribution in [-0.2, 0) is 0 Å². The summed E-state index contributed by atoms with van der Waals surface area (Å²) in [5.41, 5.74) is 7.39. The van der Waals surface area contributed by atoms with E-state index in [4.69, 9.17) is 11.1 Å². The molecule has 0 saturated carbocycles. The number of hydrogen-bond acceptors (Lipinski definition) is 3. The zero-order valence-corrected chi connectivity index (χ0v) is 9.48. The number of anilines is 1. The van der Waals surface area contributed by atoms with Crippen LogP contribution < -0.4 is 10.6 Å². The number of nitrogens with one attached hydrogen (secondary N) is 1. The minimum Gasteiger partial charge on any atom is -0.384 e. The van der Waals surface area contributed by atoms with Crippen molar-refractivity contribution in [3.63, 3.8) is 0 Å². The highest BCUT2D eigenvalue weighted by atomic mass is 32.2. The molecule has 0 radical (unpaired) electrons. The van der Waals surface area contributed by atoms with Crippen LogP contribution in [-0.4, -0.2) is 26.2 Å². The van der Waals surface area contributed by atoms with Crippen molar-refractivity contribution in [2.45, 2.75) is 4.90 Å². The zero-order chi connectivity index (χ0) is 10.7. The second kappa shape index (κ2) is 4.37. The fourth-order valence-electron chi connectivity index (χ4n) is 1.33. The van der Waals surface area contributed by atoms with Gasteiger partial charge in [0.15, 0.2) is 0 Å². The van der Waals surface area contributed by atoms with Crippen LogP contribution >= 0.6 is 11.8 Å². The predicted octanol–water partition coefficient (Wildman–Crippen LogP) is 1.76. The van der Waals surface area contributed by atoms with Gasteiger partial charge < -0.3 is 10.6 Å². The van der Waals surface area contributed by atoms with Crippen LogP contribution in [0.15, 0.2) is 23.1 Å². The van der Waals surface area contributed by atoms with E-state index in [2.05, 4.69) is 0 Å². The van der Waals surface area contributed by atoms with Crippen molar-refractivity contribution in [1.82, 2.24) is 0 Å². The van der Waals surface area contributed by atoms with Gasteiger partial charge in [0.1, 0.15) is 5.84 Å². The summed E-state index contributed by atoms with van der Waals surface area (Å²) in [6, 6.07) is 5.93. The van der Waals surface area contributed by atoms with Gasteiger partial charge in [-0.1, -0.05) is 6.07 Å². The smallest absolute Gasteiger partial charge is 0.126 e. The summed E-state index contributed by atoms with van der Waals surface area (Å²) >= 11 is 1.61. The monoisotopic (exact) mass is 209 g/mol. The van der Waals surface area contributed by atoms with E-state index in [0.29, 0.717) is 0 Å². The Hall–Kier alpha value is -1.16. The molecule has 14 heavy (non-hydrogen) atoms. The molecular weight excluding hydrogens is 194 g/mol. The van der Waals surface area contributed by atoms with E-state index in [-0.39, 0.29) is 5.84 Å². The number of rotatable bonds is 3. The maximum atomic E-state index is 7.55. The van der Waals surface area contributed by atoms with Gasteiger partial charge in [-0.05, 0) is 18.4 Å². The van der Waals surface area contributed by atoms with Gasteiger partial charge in [0, 0.05) is 24.7 Å². The lowest BCUT2D eigenvalue weighted by molar-refractivity contribution is 1.11. The first-order valence-corrected chi connectivity index (χ1v) is 5.49. The second-order valence-corrected chi connectivity index (χ2v) is 4.01. The maximum Gasteiger partial charge on any atom is 0.126 e. The van der Waals surface area contributed by atoms with Crippen LogP contribution in [0.5, 0.6) is 0 Å². The van der Waals surface area contributed by atoms with Crippen LogP contribution in [0, 0.1) is 5.41 Å². The topological polar surface area (TPSA) is 53.1 Å². The third-order valence-electron chi connectivity index (χ3n) is 1.98. The summed E-state index contributed by atoms with van der Waals surface area (Å²) in [7, 11) is 3.90. The lowest BCUT2D eigenvalue weighted by atomic mass is 10.1. The molecule has 0 unspecified atom stereocenters. The summed E-state index contributed by atoms with van der Waals surface area (Å²) in [6.45, 7) is 0. The Morgan fingerprint density at radius 1 is 1.43 bits per heavy atom. The predicted molar refractivity (Wildman–Crippen MR) is 63.6 cm³/mol. The Bertz CT molecular complexity index is 347. The molecule has 1 aromatic rings. The molecule has 0 aliphatic carbocycles. The molecule has 0 amide bonds. The van der Waals surface area contributed by atoms with Gasteiger partial charge >= 0.3 is 0 Å². The first-order chi connectivity index (χ1) is 6.57. The molecule has 76 valence electrons. The lowest BCUT2D eigenvalue weighted by Gasteiger charge is -2.18. The van der Waals surface area contributed by atoms with Gasteiger partial charge in [-0.25, -0.2) is 0 Å². The van der Waals surface area contributed by atoms with E-state index in [0.717, 1.165) is 16.1 Å². The standard InChI is InChI=1S/C10H15N3S/c1-13(2)7-5-4-6-8(14-3)9(7)10(11)12/h4-6H,1-3H3,(H3,11,12). The zero-order valence-electron chi connectivity index (χ0n) is 8.66. The number of benzene rings is 1. The van der Waals surface area contributed by atoms with E-state index in [1.54, 1.807) is 11.8 Å². The average Bonchev–Trinajstić information content (AvgIpc) is 2.16. The number of nitrogen functional groups attached to an aromatic ring is 1. The van der Waals surface area contributed by atoms with E-state index < -0.39 is 0 Å². The summed E-state index contributed by atoms with van der Waals surface area (Å²) in [5, 5.41) is 7.55. The number of hydrogen-bond donors (Lipinski definition) is 2. The van der Waals surface area contributed by atoms with Crippen molar-refractivity contribution in [3.8, 4) is 0 Å². The Morgan fingerprint density at radius 3 is 2.50 bits per heavy atom. The molecule has 0 aliphatic rings. The summed E-state index contributed by atoms with van der Waals surface area (Å²) in [5.74, 6) is 0.124. The van der Waals surface area contributed by atoms with Gasteiger partial charge in [0.25, 0.3) is 0 Å². The molecule has 3 nitrogen and oxygen atoms in total. The van der Waals surface area contributed by atoms with E-state index >= 15 is 0 Å². The van der Waals surface area contributed by atoms with Crippen LogP contribution in [0.3, 0.4) is 0 Å². The fraction of sp³-hybridized carbons (Fsp3) is 0.300. The first kappa shape index (κ1) is 10.9.